The van der Waals surface area contributed by atoms with Gasteiger partial charge in [-0.1, -0.05) is 13.8 Å². The minimum absolute atomic E-state index is 0.0128. The fraction of sp³-hybridized carbons (Fsp3) is 0.615. The Labute approximate surface area is 103 Å². The highest BCUT2D eigenvalue weighted by atomic mass is 16.3. The van der Waals surface area contributed by atoms with Crippen molar-refractivity contribution in [1.29, 1.82) is 0 Å². The lowest BCUT2D eigenvalue weighted by molar-refractivity contribution is -0.122. The van der Waals surface area contributed by atoms with E-state index in [1.165, 1.54) is 0 Å². The first kappa shape index (κ1) is 13.8. The average Bonchev–Trinajstić information content (AvgIpc) is 2.63. The molecule has 0 bridgehead atoms. The van der Waals surface area contributed by atoms with Gasteiger partial charge in [0, 0.05) is 18.4 Å². The van der Waals surface area contributed by atoms with E-state index in [9.17, 15) is 9.90 Å². The lowest BCUT2D eigenvalue weighted by atomic mass is 10.0. The van der Waals surface area contributed by atoms with Gasteiger partial charge in [-0.25, -0.2) is 0 Å². The van der Waals surface area contributed by atoms with E-state index in [0.717, 1.165) is 5.56 Å². The van der Waals surface area contributed by atoms with Gasteiger partial charge in [0.2, 0.25) is 5.91 Å². The number of aromatic nitrogens is 1. The van der Waals surface area contributed by atoms with E-state index in [4.69, 9.17) is 0 Å². The first-order valence-corrected chi connectivity index (χ1v) is 6.03. The van der Waals surface area contributed by atoms with Gasteiger partial charge in [-0.15, -0.1) is 0 Å². The number of hydrogen-bond acceptors (Lipinski definition) is 2. The van der Waals surface area contributed by atoms with Gasteiger partial charge in [0.25, 0.3) is 0 Å². The highest BCUT2D eigenvalue weighted by Crippen LogP contribution is 2.21. The largest absolute Gasteiger partial charge is 0.388 e. The zero-order valence-electron chi connectivity index (χ0n) is 11.0. The molecule has 1 heterocycles. The smallest absolute Gasteiger partial charge is 0.240 e. The molecule has 0 saturated carbocycles. The number of aliphatic hydroxyl groups excluding tert-OH is 1. The van der Waals surface area contributed by atoms with E-state index in [2.05, 4.69) is 5.32 Å². The molecule has 0 aliphatic rings. The number of nitrogens with zero attached hydrogens (tertiary/aromatic N) is 1. The Morgan fingerprint density at radius 3 is 2.59 bits per heavy atom. The second-order valence-electron chi connectivity index (χ2n) is 5.03. The molecule has 0 aliphatic carbocycles. The topological polar surface area (TPSA) is 54.3 Å². The van der Waals surface area contributed by atoms with E-state index in [0.29, 0.717) is 6.54 Å². The highest BCUT2D eigenvalue weighted by Gasteiger charge is 2.13. The van der Waals surface area contributed by atoms with Crippen LogP contribution in [0.5, 0.6) is 0 Å². The molecule has 1 rings (SSSR count). The van der Waals surface area contributed by atoms with Crippen LogP contribution in [0.2, 0.25) is 0 Å². The van der Waals surface area contributed by atoms with Crippen molar-refractivity contribution >= 4 is 5.91 Å². The molecule has 0 fully saturated rings. The third-order valence-electron chi connectivity index (χ3n) is 2.52. The van der Waals surface area contributed by atoms with Crippen LogP contribution in [0.25, 0.3) is 0 Å². The van der Waals surface area contributed by atoms with Gasteiger partial charge in [-0.2, -0.15) is 0 Å². The molecule has 1 atom stereocenters. The Balaban J connectivity index is 2.60. The zero-order valence-corrected chi connectivity index (χ0v) is 11.0. The van der Waals surface area contributed by atoms with E-state index < -0.39 is 6.10 Å². The number of amides is 1. The van der Waals surface area contributed by atoms with Gasteiger partial charge in [0.1, 0.15) is 6.54 Å². The zero-order chi connectivity index (χ0) is 13.0. The summed E-state index contributed by atoms with van der Waals surface area (Å²) in [4.78, 5) is 11.5. The molecule has 0 aliphatic heterocycles. The summed E-state index contributed by atoms with van der Waals surface area (Å²) in [5, 5.41) is 12.7. The van der Waals surface area contributed by atoms with Crippen LogP contribution in [0.1, 0.15) is 39.4 Å². The maximum Gasteiger partial charge on any atom is 0.240 e. The van der Waals surface area contributed by atoms with Crippen molar-refractivity contribution < 1.29 is 9.90 Å². The van der Waals surface area contributed by atoms with Gasteiger partial charge in [-0.05, 0) is 31.4 Å². The Bertz CT molecular complexity index is 369. The molecule has 96 valence electrons. The van der Waals surface area contributed by atoms with Crippen LogP contribution in [-0.2, 0) is 11.3 Å². The van der Waals surface area contributed by atoms with Crippen LogP contribution in [0.3, 0.4) is 0 Å². The molecular formula is C13H22N2O2. The highest BCUT2D eigenvalue weighted by molar-refractivity contribution is 5.75. The first-order chi connectivity index (χ1) is 7.90. The second-order valence-corrected chi connectivity index (χ2v) is 5.03. The van der Waals surface area contributed by atoms with Gasteiger partial charge >= 0.3 is 0 Å². The molecule has 0 spiro atoms. The van der Waals surface area contributed by atoms with Gasteiger partial charge in [-0.3, -0.25) is 4.79 Å². The SMILES string of the molecule is CC(C)NC(=O)Cn1ccc(C(O)C(C)C)c1. The number of carbonyl (C=O) groups excluding carboxylic acids is 1. The number of rotatable bonds is 5. The standard InChI is InChI=1S/C13H22N2O2/c1-9(2)13(17)11-5-6-15(7-11)8-12(16)14-10(3)4/h5-7,9-10,13,17H,8H2,1-4H3,(H,14,16). The van der Waals surface area contributed by atoms with Crippen LogP contribution in [0.15, 0.2) is 18.5 Å². The molecule has 0 aromatic carbocycles. The van der Waals surface area contributed by atoms with Crippen LogP contribution in [0, 0.1) is 5.92 Å². The van der Waals surface area contributed by atoms with Crippen molar-refractivity contribution in [3.8, 4) is 0 Å². The molecule has 1 unspecified atom stereocenters. The van der Waals surface area contributed by atoms with E-state index in [-0.39, 0.29) is 17.9 Å². The summed E-state index contributed by atoms with van der Waals surface area (Å²) in [5.41, 5.74) is 0.859. The van der Waals surface area contributed by atoms with Crippen LogP contribution >= 0.6 is 0 Å². The maximum atomic E-state index is 11.5. The number of hydrogen-bond donors (Lipinski definition) is 2. The summed E-state index contributed by atoms with van der Waals surface area (Å²) in [6, 6.07) is 2.01. The summed E-state index contributed by atoms with van der Waals surface area (Å²) < 4.78 is 1.79. The molecule has 1 aromatic heterocycles. The molecule has 1 amide bonds. The van der Waals surface area contributed by atoms with Crippen LogP contribution < -0.4 is 5.32 Å². The lowest BCUT2D eigenvalue weighted by Gasteiger charge is -2.12. The molecule has 0 saturated heterocycles. The molecule has 0 radical (unpaired) electrons. The molecule has 1 aromatic rings. The van der Waals surface area contributed by atoms with Gasteiger partial charge in [0.05, 0.1) is 6.10 Å². The Morgan fingerprint density at radius 2 is 2.06 bits per heavy atom. The predicted molar refractivity (Wildman–Crippen MR) is 67.5 cm³/mol. The predicted octanol–water partition coefficient (Wildman–Crippen LogP) is 1.70. The Hall–Kier alpha value is -1.29. The van der Waals surface area contributed by atoms with Crippen molar-refractivity contribution in [3.63, 3.8) is 0 Å². The summed E-state index contributed by atoms with van der Waals surface area (Å²) in [6.45, 7) is 8.09. The average molecular weight is 238 g/mol. The van der Waals surface area contributed by atoms with Crippen molar-refractivity contribution in [2.24, 2.45) is 5.92 Å². The molecule has 17 heavy (non-hydrogen) atoms. The number of carbonyl (C=O) groups is 1. The van der Waals surface area contributed by atoms with Crippen molar-refractivity contribution in [2.45, 2.75) is 46.4 Å². The lowest BCUT2D eigenvalue weighted by Crippen LogP contribution is -2.32. The van der Waals surface area contributed by atoms with Crippen molar-refractivity contribution in [2.75, 3.05) is 0 Å². The summed E-state index contributed by atoms with van der Waals surface area (Å²) in [5.74, 6) is 0.163. The second kappa shape index (κ2) is 5.87. The fourth-order valence-corrected chi connectivity index (χ4v) is 1.65. The molecular weight excluding hydrogens is 216 g/mol. The van der Waals surface area contributed by atoms with E-state index in [1.54, 1.807) is 4.57 Å². The van der Waals surface area contributed by atoms with Gasteiger partial charge in [0.15, 0.2) is 0 Å². The molecule has 2 N–H and O–H groups in total. The minimum Gasteiger partial charge on any atom is -0.388 e. The fourth-order valence-electron chi connectivity index (χ4n) is 1.65. The van der Waals surface area contributed by atoms with Gasteiger partial charge < -0.3 is 15.0 Å². The van der Waals surface area contributed by atoms with Crippen molar-refractivity contribution in [1.82, 2.24) is 9.88 Å². The van der Waals surface area contributed by atoms with Crippen LogP contribution in [-0.4, -0.2) is 21.6 Å². The van der Waals surface area contributed by atoms with Crippen molar-refractivity contribution in [3.05, 3.63) is 24.0 Å². The van der Waals surface area contributed by atoms with E-state index >= 15 is 0 Å². The third-order valence-corrected chi connectivity index (χ3v) is 2.52. The van der Waals surface area contributed by atoms with E-state index in [1.807, 2.05) is 46.2 Å². The number of nitrogens with one attached hydrogen (secondary N) is 1. The molecule has 4 heteroatoms. The minimum atomic E-state index is -0.468. The monoisotopic (exact) mass is 238 g/mol. The summed E-state index contributed by atoms with van der Waals surface area (Å²) >= 11 is 0. The quantitative estimate of drug-likeness (QED) is 0.820. The first-order valence-electron chi connectivity index (χ1n) is 6.03. The Kier molecular flexibility index (Phi) is 4.75. The third kappa shape index (κ3) is 4.23. The Morgan fingerprint density at radius 1 is 1.41 bits per heavy atom. The summed E-state index contributed by atoms with van der Waals surface area (Å²) in [7, 11) is 0. The normalized spacial score (nSPS) is 13.1. The maximum absolute atomic E-state index is 11.5. The summed E-state index contributed by atoms with van der Waals surface area (Å²) in [6.07, 6.45) is 3.18. The number of aliphatic hydroxyl groups is 1. The van der Waals surface area contributed by atoms with Crippen LogP contribution in [0.4, 0.5) is 0 Å². The molecule has 4 nitrogen and oxygen atoms in total.